The van der Waals surface area contributed by atoms with Gasteiger partial charge in [-0.2, -0.15) is 0 Å². The summed E-state index contributed by atoms with van der Waals surface area (Å²) in [5.41, 5.74) is 3.80. The number of halogens is 1. The molecule has 0 bridgehead atoms. The summed E-state index contributed by atoms with van der Waals surface area (Å²) in [5, 5.41) is 5.77. The minimum atomic E-state index is -0.325. The molecule has 7 heteroatoms. The molecule has 1 saturated heterocycles. The van der Waals surface area contributed by atoms with E-state index in [1.54, 1.807) is 12.1 Å². The van der Waals surface area contributed by atoms with E-state index in [0.717, 1.165) is 37.4 Å². The van der Waals surface area contributed by atoms with Crippen LogP contribution in [0.3, 0.4) is 0 Å². The molecule has 2 aromatic rings. The Bertz CT molecular complexity index is 862. The van der Waals surface area contributed by atoms with Crippen LogP contribution in [0.5, 0.6) is 0 Å². The molecule has 0 aromatic heterocycles. The zero-order valence-corrected chi connectivity index (χ0v) is 17.0. The molecular weight excluding hydrogens is 371 g/mol. The molecule has 6 nitrogen and oxygen atoms in total. The lowest BCUT2D eigenvalue weighted by molar-refractivity contribution is -1.00. The van der Waals surface area contributed by atoms with Crippen LogP contribution in [0.25, 0.3) is 0 Å². The first kappa shape index (κ1) is 21.0. The van der Waals surface area contributed by atoms with Crippen LogP contribution in [-0.4, -0.2) is 51.1 Å². The number of benzene rings is 2. The summed E-state index contributed by atoms with van der Waals surface area (Å²) in [6.45, 7) is 8.25. The molecule has 4 N–H and O–H groups in total. The fraction of sp³-hybridized carbons (Fsp3) is 0.364. The first-order chi connectivity index (χ1) is 13.9. The van der Waals surface area contributed by atoms with Gasteiger partial charge >= 0.3 is 0 Å². The van der Waals surface area contributed by atoms with Crippen molar-refractivity contribution < 1.29 is 23.8 Å². The van der Waals surface area contributed by atoms with Gasteiger partial charge in [-0.15, -0.1) is 0 Å². The maximum Gasteiger partial charge on any atom is 0.279 e. The molecule has 2 amide bonds. The largest absolute Gasteiger partial charge is 0.321 e. The number of quaternary nitrogens is 2. The standard InChI is InChI=1S/C22H27FN4O2/c1-16-3-6-20(13-17(16)2)25-22(29)15-27-11-9-26(10-12-27)14-21(28)24-19-7-4-18(23)5-8-19/h3-8,13H,9-12,14-15H2,1-2H3,(H,24,28)(H,25,29)/p+2. The van der Waals surface area contributed by atoms with Crippen LogP contribution < -0.4 is 20.4 Å². The lowest BCUT2D eigenvalue weighted by Gasteiger charge is -2.29. The van der Waals surface area contributed by atoms with Crippen LogP contribution in [0, 0.1) is 19.7 Å². The third-order valence-electron chi connectivity index (χ3n) is 5.40. The molecule has 0 saturated carbocycles. The third kappa shape index (κ3) is 6.37. The van der Waals surface area contributed by atoms with Crippen LogP contribution in [0.15, 0.2) is 42.5 Å². The fourth-order valence-electron chi connectivity index (χ4n) is 3.53. The molecular formula is C22H29FN4O2+2. The van der Waals surface area contributed by atoms with Crippen molar-refractivity contribution in [3.8, 4) is 0 Å². The number of aryl methyl sites for hydroxylation is 2. The summed E-state index contributed by atoms with van der Waals surface area (Å²) in [4.78, 5) is 26.9. The molecule has 0 atom stereocenters. The van der Waals surface area contributed by atoms with Gasteiger partial charge in [-0.1, -0.05) is 6.07 Å². The first-order valence-corrected chi connectivity index (χ1v) is 9.99. The van der Waals surface area contributed by atoms with Crippen molar-refractivity contribution in [1.29, 1.82) is 0 Å². The number of hydrogen-bond donors (Lipinski definition) is 4. The molecule has 154 valence electrons. The monoisotopic (exact) mass is 400 g/mol. The van der Waals surface area contributed by atoms with Gasteiger partial charge in [0, 0.05) is 11.4 Å². The van der Waals surface area contributed by atoms with Crippen LogP contribution in [0.2, 0.25) is 0 Å². The average Bonchev–Trinajstić information content (AvgIpc) is 2.68. The minimum absolute atomic E-state index is 0.0146. The van der Waals surface area contributed by atoms with Gasteiger partial charge in [0.05, 0.1) is 0 Å². The number of anilines is 2. The second-order valence-corrected chi connectivity index (χ2v) is 7.76. The highest BCUT2D eigenvalue weighted by Gasteiger charge is 2.26. The molecule has 29 heavy (non-hydrogen) atoms. The van der Waals surface area contributed by atoms with Crippen molar-refractivity contribution >= 4 is 23.2 Å². The van der Waals surface area contributed by atoms with Crippen molar-refractivity contribution in [3.05, 3.63) is 59.4 Å². The SMILES string of the molecule is Cc1ccc(NC(=O)C[NH+]2CC[NH+](CC(=O)Nc3ccc(F)cc3)CC2)cc1C. The van der Waals surface area contributed by atoms with Crippen LogP contribution in [0.4, 0.5) is 15.8 Å². The summed E-state index contributed by atoms with van der Waals surface area (Å²) in [5.74, 6) is -0.391. The average molecular weight is 400 g/mol. The Kier molecular flexibility index (Phi) is 6.95. The highest BCUT2D eigenvalue weighted by molar-refractivity contribution is 5.92. The Hall–Kier alpha value is -2.77. The van der Waals surface area contributed by atoms with Gasteiger partial charge in [0.1, 0.15) is 32.0 Å². The van der Waals surface area contributed by atoms with Crippen molar-refractivity contribution in [2.45, 2.75) is 13.8 Å². The van der Waals surface area contributed by atoms with E-state index in [1.807, 2.05) is 32.0 Å². The third-order valence-corrected chi connectivity index (χ3v) is 5.40. The van der Waals surface area contributed by atoms with Gasteiger partial charge in [0.2, 0.25) is 0 Å². The number of amides is 2. The second kappa shape index (κ2) is 9.62. The second-order valence-electron chi connectivity index (χ2n) is 7.76. The van der Waals surface area contributed by atoms with Crippen LogP contribution in [-0.2, 0) is 9.59 Å². The molecule has 1 fully saturated rings. The minimum Gasteiger partial charge on any atom is -0.321 e. The molecule has 1 aliphatic rings. The highest BCUT2D eigenvalue weighted by Crippen LogP contribution is 2.13. The van der Waals surface area contributed by atoms with Crippen LogP contribution in [0.1, 0.15) is 11.1 Å². The number of hydrogen-bond acceptors (Lipinski definition) is 2. The summed E-state index contributed by atoms with van der Waals surface area (Å²) >= 11 is 0. The summed E-state index contributed by atoms with van der Waals surface area (Å²) in [7, 11) is 0. The summed E-state index contributed by atoms with van der Waals surface area (Å²) < 4.78 is 12.9. The van der Waals surface area contributed by atoms with E-state index in [1.165, 1.54) is 27.5 Å². The van der Waals surface area contributed by atoms with Gasteiger partial charge in [-0.25, -0.2) is 4.39 Å². The fourth-order valence-corrected chi connectivity index (χ4v) is 3.53. The van der Waals surface area contributed by atoms with E-state index >= 15 is 0 Å². The van der Waals surface area contributed by atoms with Gasteiger partial charge in [0.15, 0.2) is 13.1 Å². The first-order valence-electron chi connectivity index (χ1n) is 9.99. The Morgan fingerprint density at radius 2 is 1.28 bits per heavy atom. The van der Waals surface area contributed by atoms with Gasteiger partial charge in [-0.3, -0.25) is 9.59 Å². The molecule has 0 unspecified atom stereocenters. The Labute approximate surface area is 170 Å². The molecule has 0 spiro atoms. The van der Waals surface area contributed by atoms with Crippen molar-refractivity contribution in [2.75, 3.05) is 49.9 Å². The molecule has 2 aromatic carbocycles. The quantitative estimate of drug-likeness (QED) is 0.543. The van der Waals surface area contributed by atoms with Gasteiger partial charge in [0.25, 0.3) is 11.8 Å². The molecule has 0 radical (unpaired) electrons. The maximum atomic E-state index is 12.9. The number of carbonyl (C=O) groups excluding carboxylic acids is 2. The molecule has 1 aliphatic heterocycles. The molecule has 3 rings (SSSR count). The Morgan fingerprint density at radius 1 is 0.793 bits per heavy atom. The van der Waals surface area contributed by atoms with Gasteiger partial charge < -0.3 is 20.4 Å². The zero-order chi connectivity index (χ0) is 20.8. The lowest BCUT2D eigenvalue weighted by atomic mass is 10.1. The van der Waals surface area contributed by atoms with E-state index in [2.05, 4.69) is 10.6 Å². The molecule has 0 aliphatic carbocycles. The number of nitrogens with one attached hydrogen (secondary N) is 4. The maximum absolute atomic E-state index is 12.9. The Morgan fingerprint density at radius 3 is 1.79 bits per heavy atom. The summed E-state index contributed by atoms with van der Waals surface area (Å²) in [6.07, 6.45) is 0. The normalized spacial score (nSPS) is 18.9. The number of carbonyl (C=O) groups is 2. The summed E-state index contributed by atoms with van der Waals surface area (Å²) in [6, 6.07) is 11.7. The van der Waals surface area contributed by atoms with Crippen molar-refractivity contribution in [3.63, 3.8) is 0 Å². The number of rotatable bonds is 6. The number of piperazine rings is 1. The van der Waals surface area contributed by atoms with Crippen LogP contribution >= 0.6 is 0 Å². The van der Waals surface area contributed by atoms with E-state index < -0.39 is 0 Å². The predicted molar refractivity (Wildman–Crippen MR) is 111 cm³/mol. The van der Waals surface area contributed by atoms with E-state index in [0.29, 0.717) is 18.8 Å². The molecule has 1 heterocycles. The van der Waals surface area contributed by atoms with Crippen molar-refractivity contribution in [1.82, 2.24) is 0 Å². The van der Waals surface area contributed by atoms with E-state index in [4.69, 9.17) is 0 Å². The smallest absolute Gasteiger partial charge is 0.279 e. The predicted octanol–water partition coefficient (Wildman–Crippen LogP) is -0.197. The zero-order valence-electron chi connectivity index (χ0n) is 17.0. The topological polar surface area (TPSA) is 67.1 Å². The highest BCUT2D eigenvalue weighted by atomic mass is 19.1. The van der Waals surface area contributed by atoms with E-state index in [9.17, 15) is 14.0 Å². The van der Waals surface area contributed by atoms with Gasteiger partial charge in [-0.05, 0) is 61.4 Å². The lowest BCUT2D eigenvalue weighted by Crippen LogP contribution is -3.28. The Balaban J connectivity index is 1.39. The van der Waals surface area contributed by atoms with Crippen molar-refractivity contribution in [2.24, 2.45) is 0 Å². The van der Waals surface area contributed by atoms with E-state index in [-0.39, 0.29) is 17.6 Å².